The molecule has 112 valence electrons. The normalized spacial score (nSPS) is 12.8. The van der Waals surface area contributed by atoms with Crippen molar-refractivity contribution < 1.29 is 19.4 Å². The standard InChI is InChI=1S/C12H18BrN3O4/c1-12(2,3)20-11(19)15-8(5-9(17)18)10-7(13)6-14-16(10)4/h6,8H,5H2,1-4H3,(H,15,19)(H,17,18)/t8-/m1/s1. The van der Waals surface area contributed by atoms with Crippen molar-refractivity contribution in [3.05, 3.63) is 16.4 Å². The molecule has 0 bridgehead atoms. The fourth-order valence-corrected chi connectivity index (χ4v) is 2.28. The van der Waals surface area contributed by atoms with E-state index in [4.69, 9.17) is 9.84 Å². The molecular formula is C12H18BrN3O4. The van der Waals surface area contributed by atoms with Gasteiger partial charge in [-0.25, -0.2) is 4.79 Å². The number of aryl methyl sites for hydroxylation is 1. The Morgan fingerprint density at radius 2 is 2.15 bits per heavy atom. The number of aliphatic carboxylic acids is 1. The summed E-state index contributed by atoms with van der Waals surface area (Å²) in [7, 11) is 1.67. The van der Waals surface area contributed by atoms with Gasteiger partial charge in [0.25, 0.3) is 0 Å². The molecule has 0 aliphatic heterocycles. The minimum atomic E-state index is -1.03. The maximum absolute atomic E-state index is 11.8. The first kappa shape index (κ1) is 16.5. The van der Waals surface area contributed by atoms with Crippen LogP contribution >= 0.6 is 15.9 Å². The highest BCUT2D eigenvalue weighted by molar-refractivity contribution is 9.10. The van der Waals surface area contributed by atoms with Crippen molar-refractivity contribution in [1.82, 2.24) is 15.1 Å². The van der Waals surface area contributed by atoms with Crippen molar-refractivity contribution in [2.24, 2.45) is 7.05 Å². The summed E-state index contributed by atoms with van der Waals surface area (Å²) < 4.78 is 7.28. The van der Waals surface area contributed by atoms with E-state index in [0.717, 1.165) is 0 Å². The van der Waals surface area contributed by atoms with Crippen LogP contribution in [0.5, 0.6) is 0 Å². The van der Waals surface area contributed by atoms with Gasteiger partial charge >= 0.3 is 12.1 Å². The van der Waals surface area contributed by atoms with Gasteiger partial charge < -0.3 is 15.2 Å². The average molecular weight is 348 g/mol. The maximum atomic E-state index is 11.8. The molecule has 20 heavy (non-hydrogen) atoms. The number of alkyl carbamates (subject to hydrolysis) is 1. The van der Waals surface area contributed by atoms with Gasteiger partial charge in [-0.2, -0.15) is 5.10 Å². The number of hydrogen-bond acceptors (Lipinski definition) is 4. The lowest BCUT2D eigenvalue weighted by Gasteiger charge is -2.23. The van der Waals surface area contributed by atoms with Crippen molar-refractivity contribution in [3.8, 4) is 0 Å². The molecule has 1 heterocycles. The molecule has 7 nitrogen and oxygen atoms in total. The fraction of sp³-hybridized carbons (Fsp3) is 0.583. The lowest BCUT2D eigenvalue weighted by Crippen LogP contribution is -2.36. The molecule has 1 amide bonds. The van der Waals surface area contributed by atoms with Crippen molar-refractivity contribution in [1.29, 1.82) is 0 Å². The van der Waals surface area contributed by atoms with E-state index in [1.165, 1.54) is 4.68 Å². The molecular weight excluding hydrogens is 330 g/mol. The van der Waals surface area contributed by atoms with Crippen molar-refractivity contribution in [2.75, 3.05) is 0 Å². The molecule has 0 aliphatic carbocycles. The number of ether oxygens (including phenoxy) is 1. The molecule has 1 atom stereocenters. The monoisotopic (exact) mass is 347 g/mol. The van der Waals surface area contributed by atoms with E-state index < -0.39 is 23.7 Å². The SMILES string of the molecule is Cn1ncc(Br)c1[C@@H](CC(=O)O)NC(=O)OC(C)(C)C. The van der Waals surface area contributed by atoms with Gasteiger partial charge in [0.15, 0.2) is 0 Å². The molecule has 0 spiro atoms. The Balaban J connectivity index is 2.91. The topological polar surface area (TPSA) is 93.5 Å². The molecule has 8 heteroatoms. The first-order valence-electron chi connectivity index (χ1n) is 5.99. The number of carbonyl (C=O) groups excluding carboxylic acids is 1. The Kier molecular flexibility index (Phi) is 5.15. The van der Waals surface area contributed by atoms with Crippen LogP contribution in [0.2, 0.25) is 0 Å². The minimum Gasteiger partial charge on any atom is -0.481 e. The predicted octanol–water partition coefficient (Wildman–Crippen LogP) is 2.22. The van der Waals surface area contributed by atoms with Crippen LogP contribution in [0, 0.1) is 0 Å². The van der Waals surface area contributed by atoms with Gasteiger partial charge in [-0.1, -0.05) is 0 Å². The van der Waals surface area contributed by atoms with Crippen LogP contribution in [-0.2, 0) is 16.6 Å². The molecule has 0 saturated carbocycles. The Hall–Kier alpha value is -1.57. The van der Waals surface area contributed by atoms with Gasteiger partial charge in [-0.15, -0.1) is 0 Å². The van der Waals surface area contributed by atoms with E-state index in [-0.39, 0.29) is 6.42 Å². The lowest BCUT2D eigenvalue weighted by molar-refractivity contribution is -0.137. The third-order valence-corrected chi connectivity index (χ3v) is 2.95. The number of rotatable bonds is 4. The number of amides is 1. The van der Waals surface area contributed by atoms with E-state index in [9.17, 15) is 9.59 Å². The Morgan fingerprint density at radius 3 is 2.55 bits per heavy atom. The van der Waals surface area contributed by atoms with E-state index in [0.29, 0.717) is 10.2 Å². The summed E-state index contributed by atoms with van der Waals surface area (Å²) >= 11 is 3.29. The quantitative estimate of drug-likeness (QED) is 0.870. The Bertz CT molecular complexity index is 488. The smallest absolute Gasteiger partial charge is 0.408 e. The number of aromatic nitrogens is 2. The summed E-state index contributed by atoms with van der Waals surface area (Å²) in [4.78, 5) is 22.8. The highest BCUT2D eigenvalue weighted by atomic mass is 79.9. The van der Waals surface area contributed by atoms with Gasteiger partial charge in [-0.3, -0.25) is 9.48 Å². The maximum Gasteiger partial charge on any atom is 0.408 e. The van der Waals surface area contributed by atoms with Gasteiger partial charge in [0.2, 0.25) is 0 Å². The third kappa shape index (κ3) is 4.84. The predicted molar refractivity (Wildman–Crippen MR) is 75.3 cm³/mol. The van der Waals surface area contributed by atoms with Crippen LogP contribution in [0.1, 0.15) is 38.9 Å². The molecule has 1 rings (SSSR count). The zero-order valence-corrected chi connectivity index (χ0v) is 13.4. The summed E-state index contributed by atoms with van der Waals surface area (Å²) in [5, 5.41) is 15.5. The number of nitrogens with zero attached hydrogens (tertiary/aromatic N) is 2. The zero-order chi connectivity index (χ0) is 15.5. The van der Waals surface area contributed by atoms with Crippen molar-refractivity contribution >= 4 is 28.0 Å². The number of hydrogen-bond donors (Lipinski definition) is 2. The molecule has 0 saturated heterocycles. The first-order valence-corrected chi connectivity index (χ1v) is 6.78. The van der Waals surface area contributed by atoms with Crippen LogP contribution < -0.4 is 5.32 Å². The molecule has 0 aromatic carbocycles. The number of halogens is 1. The summed E-state index contributed by atoms with van der Waals surface area (Å²) in [6, 6.07) is -0.732. The molecule has 1 aromatic heterocycles. The second-order valence-electron chi connectivity index (χ2n) is 5.30. The summed E-state index contributed by atoms with van der Waals surface area (Å²) in [5.41, 5.74) is -0.0834. The Labute approximate surface area is 125 Å². The second kappa shape index (κ2) is 6.25. The van der Waals surface area contributed by atoms with E-state index >= 15 is 0 Å². The van der Waals surface area contributed by atoms with Crippen LogP contribution in [0.3, 0.4) is 0 Å². The third-order valence-electron chi connectivity index (χ3n) is 2.34. The number of carboxylic acids is 1. The van der Waals surface area contributed by atoms with Crippen LogP contribution in [-0.4, -0.2) is 32.6 Å². The molecule has 1 aromatic rings. The van der Waals surface area contributed by atoms with Crippen LogP contribution in [0.4, 0.5) is 4.79 Å². The van der Waals surface area contributed by atoms with E-state index in [2.05, 4.69) is 26.3 Å². The molecule has 0 unspecified atom stereocenters. The van der Waals surface area contributed by atoms with Crippen molar-refractivity contribution in [2.45, 2.75) is 38.8 Å². The second-order valence-corrected chi connectivity index (χ2v) is 6.15. The highest BCUT2D eigenvalue weighted by Crippen LogP contribution is 2.25. The molecule has 0 fully saturated rings. The van der Waals surface area contributed by atoms with Gasteiger partial charge in [0.1, 0.15) is 5.60 Å². The Morgan fingerprint density at radius 1 is 1.55 bits per heavy atom. The zero-order valence-electron chi connectivity index (χ0n) is 11.8. The number of nitrogens with one attached hydrogen (secondary N) is 1. The first-order chi connectivity index (χ1) is 9.10. The summed E-state index contributed by atoms with van der Waals surface area (Å²) in [5.74, 6) is -1.03. The van der Waals surface area contributed by atoms with Gasteiger partial charge in [0, 0.05) is 7.05 Å². The van der Waals surface area contributed by atoms with E-state index in [1.807, 2.05) is 0 Å². The number of carbonyl (C=O) groups is 2. The largest absolute Gasteiger partial charge is 0.481 e. The highest BCUT2D eigenvalue weighted by Gasteiger charge is 2.26. The fourth-order valence-electron chi connectivity index (χ4n) is 1.65. The minimum absolute atomic E-state index is 0.266. The molecule has 0 aliphatic rings. The van der Waals surface area contributed by atoms with Crippen LogP contribution in [0.25, 0.3) is 0 Å². The van der Waals surface area contributed by atoms with Gasteiger partial charge in [-0.05, 0) is 36.7 Å². The summed E-state index contributed by atoms with van der Waals surface area (Å²) in [6.07, 6.45) is 0.607. The van der Waals surface area contributed by atoms with E-state index in [1.54, 1.807) is 34.0 Å². The summed E-state index contributed by atoms with van der Waals surface area (Å²) in [6.45, 7) is 5.20. The van der Waals surface area contributed by atoms with Crippen molar-refractivity contribution in [3.63, 3.8) is 0 Å². The molecule has 0 radical (unpaired) electrons. The van der Waals surface area contributed by atoms with Gasteiger partial charge in [0.05, 0.1) is 28.8 Å². The lowest BCUT2D eigenvalue weighted by atomic mass is 10.1. The number of carboxylic acid groups (broad SMARTS) is 1. The van der Waals surface area contributed by atoms with Crippen LogP contribution in [0.15, 0.2) is 10.7 Å². The average Bonchev–Trinajstić information content (AvgIpc) is 2.53. The molecule has 2 N–H and O–H groups in total.